The van der Waals surface area contributed by atoms with Crippen molar-refractivity contribution in [2.24, 2.45) is 0 Å². The highest BCUT2D eigenvalue weighted by Crippen LogP contribution is 2.20. The van der Waals surface area contributed by atoms with Crippen LogP contribution in [-0.2, 0) is 6.42 Å². The summed E-state index contributed by atoms with van der Waals surface area (Å²) >= 11 is 9.14. The quantitative estimate of drug-likeness (QED) is 0.843. The maximum absolute atomic E-state index is 5.79. The van der Waals surface area contributed by atoms with Crippen molar-refractivity contribution in [2.75, 3.05) is 0 Å². The Morgan fingerprint density at radius 2 is 2.00 bits per heavy atom. The van der Waals surface area contributed by atoms with Gasteiger partial charge in [-0.2, -0.15) is 5.10 Å². The van der Waals surface area contributed by atoms with Gasteiger partial charge in [-0.05, 0) is 40.0 Å². The topological polar surface area (TPSA) is 25.8 Å². The van der Waals surface area contributed by atoms with Crippen molar-refractivity contribution in [3.8, 4) is 0 Å². The van der Waals surface area contributed by atoms with Gasteiger partial charge in [-0.3, -0.25) is 0 Å². The zero-order chi connectivity index (χ0) is 11.5. The van der Waals surface area contributed by atoms with E-state index in [0.717, 1.165) is 16.6 Å². The molecule has 0 amide bonds. The zero-order valence-corrected chi connectivity index (χ0v) is 11.1. The second-order valence-corrected chi connectivity index (χ2v) is 4.79. The summed E-state index contributed by atoms with van der Waals surface area (Å²) in [7, 11) is 0. The van der Waals surface area contributed by atoms with Crippen molar-refractivity contribution >= 4 is 27.5 Å². The van der Waals surface area contributed by atoms with Gasteiger partial charge in [-0.15, -0.1) is 5.10 Å². The molecule has 0 aliphatic carbocycles. The Labute approximate surface area is 108 Å². The lowest BCUT2D eigenvalue weighted by Crippen LogP contribution is -1.97. The van der Waals surface area contributed by atoms with Crippen LogP contribution in [0.2, 0.25) is 5.15 Å². The van der Waals surface area contributed by atoms with Crippen LogP contribution in [0.1, 0.15) is 16.8 Å². The van der Waals surface area contributed by atoms with Gasteiger partial charge in [0.2, 0.25) is 0 Å². The zero-order valence-electron chi connectivity index (χ0n) is 8.74. The lowest BCUT2D eigenvalue weighted by atomic mass is 10.0. The molecule has 0 aliphatic rings. The Hall–Kier alpha value is -0.930. The second-order valence-electron chi connectivity index (χ2n) is 3.58. The van der Waals surface area contributed by atoms with E-state index in [4.69, 9.17) is 11.6 Å². The number of halogens is 2. The van der Waals surface area contributed by atoms with Gasteiger partial charge in [-0.1, -0.05) is 35.9 Å². The Bertz CT molecular complexity index is 514. The minimum atomic E-state index is 0.397. The van der Waals surface area contributed by atoms with Gasteiger partial charge in [-0.25, -0.2) is 0 Å². The smallest absolute Gasteiger partial charge is 0.154 e. The van der Waals surface area contributed by atoms with Crippen LogP contribution in [0.5, 0.6) is 0 Å². The molecule has 0 radical (unpaired) electrons. The van der Waals surface area contributed by atoms with E-state index in [1.54, 1.807) is 0 Å². The van der Waals surface area contributed by atoms with Gasteiger partial charge in [0.25, 0.3) is 0 Å². The predicted molar refractivity (Wildman–Crippen MR) is 68.7 cm³/mol. The van der Waals surface area contributed by atoms with Crippen molar-refractivity contribution in [3.05, 3.63) is 56.8 Å². The normalized spacial score (nSPS) is 10.4. The Balaban J connectivity index is 2.28. The van der Waals surface area contributed by atoms with E-state index in [-0.39, 0.29) is 0 Å². The molecule has 4 heteroatoms. The molecule has 2 rings (SSSR count). The Morgan fingerprint density at radius 1 is 1.25 bits per heavy atom. The van der Waals surface area contributed by atoms with E-state index in [0.29, 0.717) is 5.15 Å². The monoisotopic (exact) mass is 296 g/mol. The van der Waals surface area contributed by atoms with Crippen LogP contribution in [-0.4, -0.2) is 10.2 Å². The number of rotatable bonds is 2. The molecule has 1 heterocycles. The van der Waals surface area contributed by atoms with Crippen molar-refractivity contribution in [3.63, 3.8) is 0 Å². The lowest BCUT2D eigenvalue weighted by molar-refractivity contribution is 0.928. The second kappa shape index (κ2) is 4.93. The summed E-state index contributed by atoms with van der Waals surface area (Å²) in [6.07, 6.45) is 0.773. The van der Waals surface area contributed by atoms with Crippen LogP contribution in [0.4, 0.5) is 0 Å². The molecule has 0 fully saturated rings. The average molecular weight is 298 g/mol. The largest absolute Gasteiger partial charge is 0.165 e. The minimum absolute atomic E-state index is 0.397. The molecule has 2 aromatic rings. The van der Waals surface area contributed by atoms with Gasteiger partial charge in [0, 0.05) is 6.42 Å². The summed E-state index contributed by atoms with van der Waals surface area (Å²) in [6, 6.07) is 10.2. The molecule has 0 aliphatic heterocycles. The highest BCUT2D eigenvalue weighted by atomic mass is 79.9. The molecule has 0 unspecified atom stereocenters. The first-order valence-electron chi connectivity index (χ1n) is 4.89. The summed E-state index contributed by atoms with van der Waals surface area (Å²) in [5.74, 6) is 0. The van der Waals surface area contributed by atoms with E-state index < -0.39 is 0 Å². The van der Waals surface area contributed by atoms with Gasteiger partial charge < -0.3 is 0 Å². The minimum Gasteiger partial charge on any atom is -0.154 e. The lowest BCUT2D eigenvalue weighted by Gasteiger charge is -2.04. The van der Waals surface area contributed by atoms with E-state index in [9.17, 15) is 0 Å². The molecule has 2 nitrogen and oxygen atoms in total. The molecule has 0 N–H and O–H groups in total. The summed E-state index contributed by atoms with van der Waals surface area (Å²) < 4.78 is 0.785. The molecule has 0 bridgehead atoms. The summed E-state index contributed by atoms with van der Waals surface area (Å²) in [5.41, 5.74) is 3.42. The van der Waals surface area contributed by atoms with Gasteiger partial charge >= 0.3 is 0 Å². The highest BCUT2D eigenvalue weighted by Gasteiger charge is 2.04. The van der Waals surface area contributed by atoms with Crippen LogP contribution in [0.15, 0.2) is 34.8 Å². The molecule has 1 aromatic carbocycles. The van der Waals surface area contributed by atoms with E-state index in [2.05, 4.69) is 45.2 Å². The predicted octanol–water partition coefficient (Wildman–Crippen LogP) is 3.79. The van der Waals surface area contributed by atoms with Gasteiger partial charge in [0.15, 0.2) is 5.15 Å². The molecule has 16 heavy (non-hydrogen) atoms. The highest BCUT2D eigenvalue weighted by molar-refractivity contribution is 9.10. The van der Waals surface area contributed by atoms with E-state index in [1.807, 2.05) is 18.2 Å². The SMILES string of the molecule is Cc1ccccc1Cc1cc(Br)c(Cl)nn1. The molecular formula is C12H10BrClN2. The molecule has 0 saturated heterocycles. The molecular weight excluding hydrogens is 288 g/mol. The number of benzene rings is 1. The number of nitrogens with zero attached hydrogens (tertiary/aromatic N) is 2. The van der Waals surface area contributed by atoms with Crippen molar-refractivity contribution in [1.29, 1.82) is 0 Å². The summed E-state index contributed by atoms with van der Waals surface area (Å²) in [4.78, 5) is 0. The molecule has 1 aromatic heterocycles. The first-order valence-corrected chi connectivity index (χ1v) is 6.06. The van der Waals surface area contributed by atoms with Crippen molar-refractivity contribution < 1.29 is 0 Å². The third-order valence-electron chi connectivity index (χ3n) is 2.39. The first-order chi connectivity index (χ1) is 7.66. The molecule has 82 valence electrons. The number of aryl methyl sites for hydroxylation is 1. The molecule has 0 saturated carbocycles. The number of hydrogen-bond acceptors (Lipinski definition) is 2. The Kier molecular flexibility index (Phi) is 3.56. The fourth-order valence-corrected chi connectivity index (χ4v) is 1.92. The first kappa shape index (κ1) is 11.6. The maximum Gasteiger partial charge on any atom is 0.165 e. The van der Waals surface area contributed by atoms with Crippen LogP contribution in [0.3, 0.4) is 0 Å². The van der Waals surface area contributed by atoms with Gasteiger partial charge in [0.1, 0.15) is 0 Å². The van der Waals surface area contributed by atoms with Gasteiger partial charge in [0.05, 0.1) is 10.2 Å². The van der Waals surface area contributed by atoms with Crippen molar-refractivity contribution in [2.45, 2.75) is 13.3 Å². The Morgan fingerprint density at radius 3 is 2.69 bits per heavy atom. The van der Waals surface area contributed by atoms with Crippen LogP contribution in [0.25, 0.3) is 0 Å². The van der Waals surface area contributed by atoms with Crippen molar-refractivity contribution in [1.82, 2.24) is 10.2 Å². The van der Waals surface area contributed by atoms with Crippen LogP contribution >= 0.6 is 27.5 Å². The standard InChI is InChI=1S/C12H10BrClN2/c1-8-4-2-3-5-9(8)6-10-7-11(13)12(14)16-15-10/h2-5,7H,6H2,1H3. The van der Waals surface area contributed by atoms with E-state index >= 15 is 0 Å². The van der Waals surface area contributed by atoms with Crippen LogP contribution < -0.4 is 0 Å². The molecule has 0 atom stereocenters. The number of hydrogen-bond donors (Lipinski definition) is 0. The fraction of sp³-hybridized carbons (Fsp3) is 0.167. The third kappa shape index (κ3) is 2.60. The summed E-state index contributed by atoms with van der Waals surface area (Å²) in [5, 5.41) is 8.33. The molecule has 0 spiro atoms. The fourth-order valence-electron chi connectivity index (χ4n) is 1.48. The third-order valence-corrected chi connectivity index (χ3v) is 3.50. The van der Waals surface area contributed by atoms with E-state index in [1.165, 1.54) is 11.1 Å². The summed E-state index contributed by atoms with van der Waals surface area (Å²) in [6.45, 7) is 2.09. The number of aromatic nitrogens is 2. The van der Waals surface area contributed by atoms with Crippen LogP contribution in [0, 0.1) is 6.92 Å². The average Bonchev–Trinajstić information content (AvgIpc) is 2.27. The maximum atomic E-state index is 5.79.